The Morgan fingerprint density at radius 3 is 2.74 bits per heavy atom. The number of nitrogens with zero attached hydrogens (tertiary/aromatic N) is 1. The van der Waals surface area contributed by atoms with E-state index in [1.54, 1.807) is 11.3 Å². The van der Waals surface area contributed by atoms with E-state index < -0.39 is 0 Å². The molecule has 19 heavy (non-hydrogen) atoms. The maximum Gasteiger partial charge on any atom is 0.106 e. The highest BCUT2D eigenvalue weighted by atomic mass is 35.5. The fraction of sp³-hybridized carbons (Fsp3) is 0.133. The maximum absolute atomic E-state index is 6.25. The van der Waals surface area contributed by atoms with Gasteiger partial charge in [-0.2, -0.15) is 0 Å². The molecule has 0 saturated carbocycles. The SMILES string of the molecule is Cc1ccc(CNc2c(Cl)ccc3scnc23)cc1. The minimum Gasteiger partial charge on any atom is -0.378 e. The van der Waals surface area contributed by atoms with Crippen LogP contribution in [-0.4, -0.2) is 4.98 Å². The van der Waals surface area contributed by atoms with Crippen LogP contribution in [0, 0.1) is 6.92 Å². The van der Waals surface area contributed by atoms with Gasteiger partial charge in [-0.1, -0.05) is 41.4 Å². The number of hydrogen-bond acceptors (Lipinski definition) is 3. The van der Waals surface area contributed by atoms with Crippen molar-refractivity contribution in [1.82, 2.24) is 4.98 Å². The molecule has 3 aromatic rings. The van der Waals surface area contributed by atoms with Gasteiger partial charge in [0.1, 0.15) is 5.52 Å². The first-order chi connectivity index (χ1) is 9.24. The van der Waals surface area contributed by atoms with Gasteiger partial charge in [-0.15, -0.1) is 11.3 Å². The third kappa shape index (κ3) is 2.57. The molecule has 1 aromatic heterocycles. The summed E-state index contributed by atoms with van der Waals surface area (Å²) in [5.74, 6) is 0. The minimum absolute atomic E-state index is 0.713. The molecule has 0 atom stereocenters. The van der Waals surface area contributed by atoms with Crippen molar-refractivity contribution in [2.75, 3.05) is 5.32 Å². The van der Waals surface area contributed by atoms with Crippen LogP contribution in [0.25, 0.3) is 10.2 Å². The van der Waals surface area contributed by atoms with Crippen molar-refractivity contribution in [1.29, 1.82) is 0 Å². The van der Waals surface area contributed by atoms with Gasteiger partial charge in [0.2, 0.25) is 0 Å². The van der Waals surface area contributed by atoms with Gasteiger partial charge < -0.3 is 5.32 Å². The van der Waals surface area contributed by atoms with Crippen LogP contribution in [0.2, 0.25) is 5.02 Å². The normalized spacial score (nSPS) is 10.8. The number of fused-ring (bicyclic) bond motifs is 1. The zero-order valence-electron chi connectivity index (χ0n) is 10.5. The van der Waals surface area contributed by atoms with Crippen LogP contribution in [0.3, 0.4) is 0 Å². The Kier molecular flexibility index (Phi) is 3.40. The second-order valence-corrected chi connectivity index (χ2v) is 5.75. The van der Waals surface area contributed by atoms with Crippen molar-refractivity contribution < 1.29 is 0 Å². The topological polar surface area (TPSA) is 24.9 Å². The Balaban J connectivity index is 1.87. The van der Waals surface area contributed by atoms with E-state index in [4.69, 9.17) is 11.6 Å². The standard InChI is InChI=1S/C15H13ClN2S/c1-10-2-4-11(5-3-10)8-17-14-12(16)6-7-13-15(14)18-9-19-13/h2-7,9,17H,8H2,1H3. The van der Waals surface area contributed by atoms with Crippen LogP contribution in [0.1, 0.15) is 11.1 Å². The summed E-state index contributed by atoms with van der Waals surface area (Å²) in [7, 11) is 0. The van der Waals surface area contributed by atoms with Crippen LogP contribution < -0.4 is 5.32 Å². The number of halogens is 1. The molecule has 4 heteroatoms. The van der Waals surface area contributed by atoms with Crippen molar-refractivity contribution in [2.24, 2.45) is 0 Å². The lowest BCUT2D eigenvalue weighted by Crippen LogP contribution is -2.00. The number of nitrogens with one attached hydrogen (secondary N) is 1. The Hall–Kier alpha value is -1.58. The van der Waals surface area contributed by atoms with Gasteiger partial charge in [-0.25, -0.2) is 4.98 Å². The summed E-state index contributed by atoms with van der Waals surface area (Å²) in [6.45, 7) is 2.83. The Bertz CT molecular complexity index is 704. The zero-order valence-corrected chi connectivity index (χ0v) is 12.1. The first-order valence-electron chi connectivity index (χ1n) is 6.05. The number of hydrogen-bond donors (Lipinski definition) is 1. The molecular formula is C15H13ClN2S. The van der Waals surface area contributed by atoms with Crippen molar-refractivity contribution in [3.8, 4) is 0 Å². The molecule has 1 heterocycles. The van der Waals surface area contributed by atoms with Gasteiger partial charge in [0.25, 0.3) is 0 Å². The fourth-order valence-electron chi connectivity index (χ4n) is 1.97. The van der Waals surface area contributed by atoms with E-state index in [2.05, 4.69) is 41.5 Å². The average Bonchev–Trinajstić information content (AvgIpc) is 2.88. The molecule has 0 radical (unpaired) electrons. The summed E-state index contributed by atoms with van der Waals surface area (Å²) in [6.07, 6.45) is 0. The molecule has 3 rings (SSSR count). The zero-order chi connectivity index (χ0) is 13.2. The molecule has 0 amide bonds. The number of rotatable bonds is 3. The van der Waals surface area contributed by atoms with Gasteiger partial charge in [0.15, 0.2) is 0 Å². The Labute approximate surface area is 121 Å². The molecule has 2 nitrogen and oxygen atoms in total. The Morgan fingerprint density at radius 1 is 1.16 bits per heavy atom. The monoisotopic (exact) mass is 288 g/mol. The maximum atomic E-state index is 6.25. The first-order valence-corrected chi connectivity index (χ1v) is 7.31. The van der Waals surface area contributed by atoms with Crippen molar-refractivity contribution in [3.63, 3.8) is 0 Å². The largest absolute Gasteiger partial charge is 0.378 e. The lowest BCUT2D eigenvalue weighted by atomic mass is 10.1. The van der Waals surface area contributed by atoms with E-state index >= 15 is 0 Å². The van der Waals surface area contributed by atoms with Gasteiger partial charge in [-0.3, -0.25) is 0 Å². The molecule has 0 bridgehead atoms. The number of aromatic nitrogens is 1. The molecule has 1 N–H and O–H groups in total. The van der Waals surface area contributed by atoms with Crippen LogP contribution >= 0.6 is 22.9 Å². The summed E-state index contributed by atoms with van der Waals surface area (Å²) in [4.78, 5) is 4.38. The fourth-order valence-corrected chi connectivity index (χ4v) is 2.88. The Morgan fingerprint density at radius 2 is 1.95 bits per heavy atom. The molecule has 0 fully saturated rings. The molecular weight excluding hydrogens is 276 g/mol. The molecule has 0 spiro atoms. The molecule has 2 aromatic carbocycles. The van der Waals surface area contributed by atoms with E-state index in [-0.39, 0.29) is 0 Å². The lowest BCUT2D eigenvalue weighted by molar-refractivity contribution is 1.15. The summed E-state index contributed by atoms with van der Waals surface area (Å²) < 4.78 is 1.15. The smallest absolute Gasteiger partial charge is 0.106 e. The molecule has 0 unspecified atom stereocenters. The molecule has 0 aliphatic heterocycles. The van der Waals surface area contributed by atoms with Crippen LogP contribution in [0.5, 0.6) is 0 Å². The van der Waals surface area contributed by atoms with E-state index in [9.17, 15) is 0 Å². The van der Waals surface area contributed by atoms with Crippen molar-refractivity contribution >= 4 is 38.8 Å². The molecule has 96 valence electrons. The summed E-state index contributed by atoms with van der Waals surface area (Å²) in [5.41, 5.74) is 6.21. The number of anilines is 1. The van der Waals surface area contributed by atoms with Gasteiger partial charge in [0.05, 0.1) is 20.9 Å². The van der Waals surface area contributed by atoms with Gasteiger partial charge in [-0.05, 0) is 24.6 Å². The minimum atomic E-state index is 0.713. The van der Waals surface area contributed by atoms with Crippen molar-refractivity contribution in [2.45, 2.75) is 13.5 Å². The highest BCUT2D eigenvalue weighted by molar-refractivity contribution is 7.16. The third-order valence-electron chi connectivity index (χ3n) is 3.04. The predicted molar refractivity (Wildman–Crippen MR) is 83.1 cm³/mol. The lowest BCUT2D eigenvalue weighted by Gasteiger charge is -2.09. The molecule has 0 aliphatic carbocycles. The van der Waals surface area contributed by atoms with Gasteiger partial charge >= 0.3 is 0 Å². The summed E-state index contributed by atoms with van der Waals surface area (Å²) >= 11 is 7.88. The van der Waals surface area contributed by atoms with Crippen LogP contribution in [0.4, 0.5) is 5.69 Å². The van der Waals surface area contributed by atoms with Crippen LogP contribution in [-0.2, 0) is 6.54 Å². The highest BCUT2D eigenvalue weighted by Crippen LogP contribution is 2.32. The van der Waals surface area contributed by atoms with Gasteiger partial charge in [0, 0.05) is 6.54 Å². The highest BCUT2D eigenvalue weighted by Gasteiger charge is 2.08. The van der Waals surface area contributed by atoms with E-state index in [1.807, 2.05) is 17.6 Å². The predicted octanol–water partition coefficient (Wildman–Crippen LogP) is 4.87. The van der Waals surface area contributed by atoms with Crippen LogP contribution in [0.15, 0.2) is 41.9 Å². The number of thiazole rings is 1. The average molecular weight is 289 g/mol. The van der Waals surface area contributed by atoms with E-state index in [1.165, 1.54) is 11.1 Å². The second-order valence-electron chi connectivity index (χ2n) is 4.46. The van der Waals surface area contributed by atoms with Crippen molar-refractivity contribution in [3.05, 3.63) is 58.1 Å². The van der Waals surface area contributed by atoms with E-state index in [0.29, 0.717) is 5.02 Å². The molecule has 0 saturated heterocycles. The first kappa shape index (κ1) is 12.5. The molecule has 0 aliphatic rings. The summed E-state index contributed by atoms with van der Waals surface area (Å²) in [6, 6.07) is 12.4. The number of aryl methyl sites for hydroxylation is 1. The number of benzene rings is 2. The van der Waals surface area contributed by atoms with E-state index in [0.717, 1.165) is 22.4 Å². The second kappa shape index (κ2) is 5.19. The quantitative estimate of drug-likeness (QED) is 0.744. The third-order valence-corrected chi connectivity index (χ3v) is 4.15. The summed E-state index contributed by atoms with van der Waals surface area (Å²) in [5, 5.41) is 4.10.